The van der Waals surface area contributed by atoms with Crippen molar-refractivity contribution in [3.8, 4) is 11.3 Å². The van der Waals surface area contributed by atoms with Gasteiger partial charge in [-0.2, -0.15) is 0 Å². The number of pyridine rings is 1. The quantitative estimate of drug-likeness (QED) is 0.690. The molecule has 0 radical (unpaired) electrons. The predicted molar refractivity (Wildman–Crippen MR) is 74.4 cm³/mol. The summed E-state index contributed by atoms with van der Waals surface area (Å²) in [6.07, 6.45) is 2.23. The standard InChI is InChI=1S/C13H8ClNO2S/c14-11-5-1-3-8(10(11)7-16)12-9(13(17)18)4-2-6-15-12/h1-7H,(H,17,18). The lowest BCUT2D eigenvalue weighted by atomic mass is 10.0. The van der Waals surface area contributed by atoms with Gasteiger partial charge in [0.15, 0.2) is 11.3 Å². The Balaban J connectivity index is 2.73. The lowest BCUT2D eigenvalue weighted by molar-refractivity contribution is 0.112. The molecule has 0 saturated carbocycles. The van der Waals surface area contributed by atoms with Gasteiger partial charge >= 0.3 is 0 Å². The number of carbonyl (C=O) groups excluding carboxylic acids is 1. The molecule has 2 aromatic rings. The Hall–Kier alpha value is -1.78. The highest BCUT2D eigenvalue weighted by Crippen LogP contribution is 2.28. The molecule has 5 heteroatoms. The van der Waals surface area contributed by atoms with E-state index in [0.29, 0.717) is 33.7 Å². The van der Waals surface area contributed by atoms with Gasteiger partial charge in [0.2, 0.25) is 0 Å². The third-order valence-electron chi connectivity index (χ3n) is 2.46. The van der Waals surface area contributed by atoms with Crippen molar-refractivity contribution in [2.75, 3.05) is 0 Å². The molecule has 0 aliphatic heterocycles. The van der Waals surface area contributed by atoms with Crippen LogP contribution in [0.5, 0.6) is 0 Å². The molecule has 0 atom stereocenters. The van der Waals surface area contributed by atoms with Gasteiger partial charge in [-0.15, -0.1) is 0 Å². The number of nitrogens with zero attached hydrogens (tertiary/aromatic N) is 1. The number of halogens is 1. The van der Waals surface area contributed by atoms with E-state index in [9.17, 15) is 9.90 Å². The molecule has 0 aliphatic carbocycles. The number of carbonyl (C=O) groups is 1. The summed E-state index contributed by atoms with van der Waals surface area (Å²) < 4.78 is 0. The largest absolute Gasteiger partial charge is 0.498 e. The van der Waals surface area contributed by atoms with Gasteiger partial charge in [-0.05, 0) is 30.4 Å². The van der Waals surface area contributed by atoms with Crippen LogP contribution in [0.15, 0.2) is 36.5 Å². The van der Waals surface area contributed by atoms with Crippen molar-refractivity contribution in [1.29, 1.82) is 0 Å². The maximum absolute atomic E-state index is 11.1. The first-order valence-corrected chi connectivity index (χ1v) is 5.86. The van der Waals surface area contributed by atoms with Crippen LogP contribution in [0.4, 0.5) is 0 Å². The molecule has 1 heterocycles. The summed E-state index contributed by atoms with van der Waals surface area (Å²) >= 11 is 10.7. The van der Waals surface area contributed by atoms with Crippen LogP contribution >= 0.6 is 23.8 Å². The number of hydrogen-bond donors (Lipinski definition) is 1. The van der Waals surface area contributed by atoms with Crippen LogP contribution in [-0.2, 0) is 0 Å². The fraction of sp³-hybridized carbons (Fsp3) is 0. The summed E-state index contributed by atoms with van der Waals surface area (Å²) in [5, 5.41) is 9.54. The second kappa shape index (κ2) is 5.25. The number of aliphatic hydroxyl groups excluding tert-OH is 1. The van der Waals surface area contributed by atoms with Crippen LogP contribution in [0.2, 0.25) is 5.02 Å². The average Bonchev–Trinajstić information content (AvgIpc) is 2.38. The molecule has 18 heavy (non-hydrogen) atoms. The molecule has 0 fully saturated rings. The topological polar surface area (TPSA) is 50.2 Å². The average molecular weight is 278 g/mol. The van der Waals surface area contributed by atoms with Crippen LogP contribution < -0.4 is 0 Å². The van der Waals surface area contributed by atoms with E-state index in [1.165, 1.54) is 0 Å². The Kier molecular flexibility index (Phi) is 3.69. The zero-order chi connectivity index (χ0) is 13.1. The van der Waals surface area contributed by atoms with E-state index in [1.54, 1.807) is 36.5 Å². The Morgan fingerprint density at radius 2 is 2.11 bits per heavy atom. The lowest BCUT2D eigenvalue weighted by Crippen LogP contribution is -2.01. The van der Waals surface area contributed by atoms with Gasteiger partial charge in [-0.25, -0.2) is 0 Å². The number of aromatic nitrogens is 1. The minimum Gasteiger partial charge on any atom is -0.498 e. The fourth-order valence-corrected chi connectivity index (χ4v) is 2.04. The Morgan fingerprint density at radius 1 is 1.33 bits per heavy atom. The predicted octanol–water partition coefficient (Wildman–Crippen LogP) is 3.45. The van der Waals surface area contributed by atoms with E-state index in [4.69, 9.17) is 23.8 Å². The molecule has 0 saturated heterocycles. The molecule has 1 N–H and O–H groups in total. The van der Waals surface area contributed by atoms with Crippen LogP contribution in [0.3, 0.4) is 0 Å². The fourth-order valence-electron chi connectivity index (χ4n) is 1.66. The smallest absolute Gasteiger partial charge is 0.190 e. The first-order chi connectivity index (χ1) is 8.65. The Labute approximate surface area is 114 Å². The van der Waals surface area contributed by atoms with Gasteiger partial charge in [0.05, 0.1) is 16.3 Å². The third-order valence-corrected chi connectivity index (χ3v) is 3.01. The van der Waals surface area contributed by atoms with Crippen molar-refractivity contribution in [1.82, 2.24) is 4.98 Å². The number of rotatable bonds is 3. The number of benzene rings is 1. The van der Waals surface area contributed by atoms with Crippen LogP contribution in [0.25, 0.3) is 11.3 Å². The highest BCUT2D eigenvalue weighted by Gasteiger charge is 2.14. The van der Waals surface area contributed by atoms with Crippen LogP contribution in [0.1, 0.15) is 15.9 Å². The molecular weight excluding hydrogens is 270 g/mol. The second-order valence-corrected chi connectivity index (χ2v) is 4.32. The monoisotopic (exact) mass is 277 g/mol. The minimum atomic E-state index is -0.269. The van der Waals surface area contributed by atoms with Crippen molar-refractivity contribution < 1.29 is 9.90 Å². The molecule has 0 aliphatic rings. The molecule has 0 bridgehead atoms. The lowest BCUT2D eigenvalue weighted by Gasteiger charge is -2.09. The maximum Gasteiger partial charge on any atom is 0.190 e. The molecule has 3 nitrogen and oxygen atoms in total. The van der Waals surface area contributed by atoms with E-state index in [-0.39, 0.29) is 5.05 Å². The molecule has 0 amide bonds. The Morgan fingerprint density at radius 3 is 2.78 bits per heavy atom. The zero-order valence-corrected chi connectivity index (χ0v) is 10.7. The molecule has 2 rings (SSSR count). The molecule has 0 spiro atoms. The van der Waals surface area contributed by atoms with E-state index in [1.807, 2.05) is 0 Å². The molecule has 0 unspecified atom stereocenters. The van der Waals surface area contributed by atoms with Crippen LogP contribution in [-0.4, -0.2) is 21.4 Å². The highest BCUT2D eigenvalue weighted by atomic mass is 35.5. The third kappa shape index (κ3) is 2.25. The summed E-state index contributed by atoms with van der Waals surface area (Å²) in [5.74, 6) is 0. The van der Waals surface area contributed by atoms with Crippen molar-refractivity contribution in [2.24, 2.45) is 0 Å². The van der Waals surface area contributed by atoms with Crippen molar-refractivity contribution >= 4 is 35.2 Å². The summed E-state index contributed by atoms with van der Waals surface area (Å²) in [6, 6.07) is 8.34. The first kappa shape index (κ1) is 12.7. The van der Waals surface area contributed by atoms with Crippen molar-refractivity contribution in [3.05, 3.63) is 52.7 Å². The van der Waals surface area contributed by atoms with Crippen molar-refractivity contribution in [2.45, 2.75) is 0 Å². The number of aliphatic hydroxyl groups is 1. The van der Waals surface area contributed by atoms with Gasteiger partial charge in [0, 0.05) is 17.3 Å². The SMILES string of the molecule is O=Cc1c(Cl)cccc1-c1ncccc1C(O)=S. The van der Waals surface area contributed by atoms with E-state index in [2.05, 4.69) is 4.98 Å². The summed E-state index contributed by atoms with van der Waals surface area (Å²) in [4.78, 5) is 15.2. The summed E-state index contributed by atoms with van der Waals surface area (Å²) in [7, 11) is 0. The maximum atomic E-state index is 11.1. The van der Waals surface area contributed by atoms with Gasteiger partial charge < -0.3 is 5.11 Å². The number of thiocarbonyl (C=S) groups is 1. The van der Waals surface area contributed by atoms with E-state index < -0.39 is 0 Å². The van der Waals surface area contributed by atoms with Gasteiger partial charge in [0.25, 0.3) is 0 Å². The molecular formula is C13H8ClNO2S. The number of hydrogen-bond acceptors (Lipinski definition) is 3. The van der Waals surface area contributed by atoms with Gasteiger partial charge in [-0.1, -0.05) is 23.7 Å². The van der Waals surface area contributed by atoms with Crippen molar-refractivity contribution in [3.63, 3.8) is 0 Å². The summed E-state index contributed by atoms with van der Waals surface area (Å²) in [5.41, 5.74) is 1.72. The van der Waals surface area contributed by atoms with Gasteiger partial charge in [-0.3, -0.25) is 9.78 Å². The van der Waals surface area contributed by atoms with Crippen LogP contribution in [0, 0.1) is 0 Å². The molecule has 1 aromatic carbocycles. The number of aldehydes is 1. The highest BCUT2D eigenvalue weighted by molar-refractivity contribution is 7.80. The first-order valence-electron chi connectivity index (χ1n) is 5.07. The minimum absolute atomic E-state index is 0.269. The van der Waals surface area contributed by atoms with Gasteiger partial charge in [0.1, 0.15) is 0 Å². The molecule has 90 valence electrons. The normalized spacial score (nSPS) is 10.1. The summed E-state index contributed by atoms with van der Waals surface area (Å²) in [6.45, 7) is 0. The van der Waals surface area contributed by atoms with E-state index >= 15 is 0 Å². The second-order valence-electron chi connectivity index (χ2n) is 3.52. The zero-order valence-electron chi connectivity index (χ0n) is 9.13. The molecule has 1 aromatic heterocycles. The Bertz CT molecular complexity index is 628. The van der Waals surface area contributed by atoms with E-state index in [0.717, 1.165) is 0 Å².